The lowest BCUT2D eigenvalue weighted by atomic mass is 9.88. The fourth-order valence-corrected chi connectivity index (χ4v) is 2.81. The van der Waals surface area contributed by atoms with Gasteiger partial charge in [-0.25, -0.2) is 0 Å². The molecular formula is C17H23N3O3S. The number of hydrogen-bond acceptors (Lipinski definition) is 4. The molecular weight excluding hydrogens is 326 g/mol. The maximum absolute atomic E-state index is 12.4. The topological polar surface area (TPSA) is 87.1 Å². The average Bonchev–Trinajstić information content (AvgIpc) is 2.50. The molecule has 0 aliphatic rings. The molecule has 1 amide bonds. The van der Waals surface area contributed by atoms with Crippen LogP contribution in [0.2, 0.25) is 0 Å². The number of amides is 1. The van der Waals surface area contributed by atoms with Gasteiger partial charge in [0, 0.05) is 12.6 Å². The van der Waals surface area contributed by atoms with Crippen LogP contribution in [-0.4, -0.2) is 33.2 Å². The molecule has 0 saturated carbocycles. The molecule has 1 aromatic heterocycles. The van der Waals surface area contributed by atoms with Crippen molar-refractivity contribution in [2.45, 2.75) is 33.2 Å². The molecule has 2 rings (SSSR count). The molecule has 0 unspecified atom stereocenters. The van der Waals surface area contributed by atoms with Crippen molar-refractivity contribution >= 4 is 29.0 Å². The first-order chi connectivity index (χ1) is 11.1. The lowest BCUT2D eigenvalue weighted by molar-refractivity contribution is 0.0898. The number of benzene rings is 1. The van der Waals surface area contributed by atoms with E-state index in [-0.39, 0.29) is 29.5 Å². The maximum Gasteiger partial charge on any atom is 0.261 e. The van der Waals surface area contributed by atoms with Crippen molar-refractivity contribution in [1.82, 2.24) is 14.9 Å². The van der Waals surface area contributed by atoms with Crippen LogP contribution >= 0.6 is 12.2 Å². The highest BCUT2D eigenvalue weighted by atomic mass is 32.1. The summed E-state index contributed by atoms with van der Waals surface area (Å²) in [5, 5.41) is 12.8. The molecule has 0 spiro atoms. The zero-order chi connectivity index (χ0) is 18.1. The number of aromatic amines is 1. The molecule has 0 bridgehead atoms. The first-order valence-corrected chi connectivity index (χ1v) is 8.18. The van der Waals surface area contributed by atoms with E-state index in [2.05, 4.69) is 10.3 Å². The van der Waals surface area contributed by atoms with Crippen molar-refractivity contribution in [2.75, 3.05) is 6.61 Å². The van der Waals surface area contributed by atoms with E-state index in [4.69, 9.17) is 12.2 Å². The highest BCUT2D eigenvalue weighted by Gasteiger charge is 2.20. The lowest BCUT2D eigenvalue weighted by Gasteiger charge is -2.25. The van der Waals surface area contributed by atoms with E-state index in [1.165, 1.54) is 4.57 Å². The molecule has 0 aliphatic heterocycles. The van der Waals surface area contributed by atoms with Crippen LogP contribution in [0.1, 0.15) is 37.6 Å². The van der Waals surface area contributed by atoms with Gasteiger partial charge >= 0.3 is 0 Å². The Balaban J connectivity index is 2.32. The SMILES string of the molecule is Cn1c(=S)[nH]c2cc(C(=O)N[C@@H](CO)CC(C)(C)C)ccc2c1=O. The number of carbonyl (C=O) groups is 1. The van der Waals surface area contributed by atoms with Crippen LogP contribution in [0.4, 0.5) is 0 Å². The van der Waals surface area contributed by atoms with E-state index >= 15 is 0 Å². The van der Waals surface area contributed by atoms with Crippen LogP contribution in [0, 0.1) is 10.2 Å². The van der Waals surface area contributed by atoms with Gasteiger partial charge in [0.15, 0.2) is 4.77 Å². The fourth-order valence-electron chi connectivity index (χ4n) is 2.62. The van der Waals surface area contributed by atoms with Crippen molar-refractivity contribution in [3.05, 3.63) is 38.9 Å². The van der Waals surface area contributed by atoms with E-state index in [0.717, 1.165) is 0 Å². The number of hydrogen-bond donors (Lipinski definition) is 3. The Morgan fingerprint density at radius 1 is 1.42 bits per heavy atom. The molecule has 6 nitrogen and oxygen atoms in total. The molecule has 1 heterocycles. The number of H-pyrrole nitrogens is 1. The summed E-state index contributed by atoms with van der Waals surface area (Å²) in [5.41, 5.74) is 0.712. The third-order valence-corrected chi connectivity index (χ3v) is 4.15. The Bertz CT molecular complexity index is 877. The first-order valence-electron chi connectivity index (χ1n) is 7.77. The Morgan fingerprint density at radius 3 is 2.67 bits per heavy atom. The number of aliphatic hydroxyl groups excluding tert-OH is 1. The third-order valence-electron chi connectivity index (χ3n) is 3.78. The van der Waals surface area contributed by atoms with Gasteiger partial charge in [-0.15, -0.1) is 0 Å². The minimum atomic E-state index is -0.324. The predicted molar refractivity (Wildman–Crippen MR) is 96.8 cm³/mol. The Labute approximate surface area is 145 Å². The second-order valence-corrected chi connectivity index (χ2v) is 7.56. The summed E-state index contributed by atoms with van der Waals surface area (Å²) in [6.07, 6.45) is 0.659. The number of aromatic nitrogens is 2. The van der Waals surface area contributed by atoms with Gasteiger partial charge in [-0.1, -0.05) is 20.8 Å². The van der Waals surface area contributed by atoms with E-state index in [1.807, 2.05) is 20.8 Å². The quantitative estimate of drug-likeness (QED) is 0.738. The summed E-state index contributed by atoms with van der Waals surface area (Å²) < 4.78 is 1.65. The van der Waals surface area contributed by atoms with Crippen molar-refractivity contribution in [3.63, 3.8) is 0 Å². The van der Waals surface area contributed by atoms with Crippen molar-refractivity contribution in [3.8, 4) is 0 Å². The summed E-state index contributed by atoms with van der Waals surface area (Å²) in [5.74, 6) is -0.291. The first kappa shape index (κ1) is 18.4. The number of nitrogens with one attached hydrogen (secondary N) is 2. The molecule has 1 aromatic carbocycles. The number of rotatable bonds is 4. The van der Waals surface area contributed by atoms with E-state index in [9.17, 15) is 14.7 Å². The molecule has 0 fully saturated rings. The summed E-state index contributed by atoms with van der Waals surface area (Å²) in [4.78, 5) is 27.5. The Kier molecular flexibility index (Phi) is 5.25. The van der Waals surface area contributed by atoms with Gasteiger partial charge in [0.1, 0.15) is 0 Å². The molecule has 1 atom stereocenters. The highest BCUT2D eigenvalue weighted by molar-refractivity contribution is 7.71. The molecule has 24 heavy (non-hydrogen) atoms. The molecule has 130 valence electrons. The van der Waals surface area contributed by atoms with Gasteiger partial charge < -0.3 is 15.4 Å². The molecule has 2 aromatic rings. The predicted octanol–water partition coefficient (Wildman–Crippen LogP) is 2.12. The standard InChI is InChI=1S/C17H23N3O3S/c1-17(2,3)8-11(9-21)18-14(22)10-5-6-12-13(7-10)19-16(24)20(4)15(12)23/h5-7,11,21H,8-9H2,1-4H3,(H,18,22)(H,19,24)/t11-/m1/s1. The third kappa shape index (κ3) is 4.10. The number of aliphatic hydroxyl groups is 1. The molecule has 0 saturated heterocycles. The summed E-state index contributed by atoms with van der Waals surface area (Å²) in [6.45, 7) is 6.02. The van der Waals surface area contributed by atoms with Gasteiger partial charge in [0.2, 0.25) is 0 Å². The van der Waals surface area contributed by atoms with E-state index < -0.39 is 0 Å². The van der Waals surface area contributed by atoms with Gasteiger partial charge in [-0.05, 0) is 42.3 Å². The molecule has 7 heteroatoms. The van der Waals surface area contributed by atoms with Gasteiger partial charge in [-0.2, -0.15) is 0 Å². The van der Waals surface area contributed by atoms with Crippen LogP contribution in [0.15, 0.2) is 23.0 Å². The number of nitrogens with zero attached hydrogens (tertiary/aromatic N) is 1. The zero-order valence-electron chi connectivity index (χ0n) is 14.3. The monoisotopic (exact) mass is 349 g/mol. The minimum absolute atomic E-state index is 0.0126. The smallest absolute Gasteiger partial charge is 0.261 e. The number of fused-ring (bicyclic) bond motifs is 1. The van der Waals surface area contributed by atoms with Crippen molar-refractivity contribution < 1.29 is 9.90 Å². The normalized spacial score (nSPS) is 13.0. The second kappa shape index (κ2) is 6.86. The van der Waals surface area contributed by atoms with Crippen LogP contribution < -0.4 is 10.9 Å². The average molecular weight is 349 g/mol. The van der Waals surface area contributed by atoms with Gasteiger partial charge in [0.25, 0.3) is 11.5 Å². The van der Waals surface area contributed by atoms with Crippen molar-refractivity contribution in [2.24, 2.45) is 12.5 Å². The Hall–Kier alpha value is -1.99. The zero-order valence-corrected chi connectivity index (χ0v) is 15.2. The van der Waals surface area contributed by atoms with Crippen LogP contribution in [0.3, 0.4) is 0 Å². The molecule has 0 aliphatic carbocycles. The Morgan fingerprint density at radius 2 is 2.08 bits per heavy atom. The highest BCUT2D eigenvalue weighted by Crippen LogP contribution is 2.21. The largest absolute Gasteiger partial charge is 0.394 e. The molecule has 0 radical (unpaired) electrons. The summed E-state index contributed by atoms with van der Waals surface area (Å²) in [7, 11) is 1.60. The second-order valence-electron chi connectivity index (χ2n) is 7.17. The van der Waals surface area contributed by atoms with Gasteiger partial charge in [0.05, 0.1) is 23.6 Å². The lowest BCUT2D eigenvalue weighted by Crippen LogP contribution is -2.40. The summed E-state index contributed by atoms with van der Waals surface area (Å²) >= 11 is 5.10. The van der Waals surface area contributed by atoms with Crippen LogP contribution in [-0.2, 0) is 7.05 Å². The fraction of sp³-hybridized carbons (Fsp3) is 0.471. The van der Waals surface area contributed by atoms with E-state index in [0.29, 0.717) is 27.7 Å². The van der Waals surface area contributed by atoms with E-state index in [1.54, 1.807) is 25.2 Å². The number of carbonyl (C=O) groups excluding carboxylic acids is 1. The van der Waals surface area contributed by atoms with Crippen LogP contribution in [0.25, 0.3) is 10.9 Å². The minimum Gasteiger partial charge on any atom is -0.394 e. The molecule has 3 N–H and O–H groups in total. The van der Waals surface area contributed by atoms with Crippen molar-refractivity contribution in [1.29, 1.82) is 0 Å². The van der Waals surface area contributed by atoms with Crippen LogP contribution in [0.5, 0.6) is 0 Å². The van der Waals surface area contributed by atoms with Gasteiger partial charge in [-0.3, -0.25) is 14.2 Å². The summed E-state index contributed by atoms with van der Waals surface area (Å²) in [6, 6.07) is 4.49. The maximum atomic E-state index is 12.4.